The van der Waals surface area contributed by atoms with Crippen LogP contribution in [0, 0.1) is 0 Å². The average molecular weight is 291 g/mol. The Labute approximate surface area is 129 Å². The van der Waals surface area contributed by atoms with Crippen molar-refractivity contribution in [3.05, 3.63) is 29.8 Å². The Hall–Kier alpha value is -1.71. The van der Waals surface area contributed by atoms with Gasteiger partial charge in [-0.05, 0) is 31.0 Å². The van der Waals surface area contributed by atoms with E-state index in [1.54, 1.807) is 14.2 Å². The van der Waals surface area contributed by atoms with Crippen molar-refractivity contribution in [2.45, 2.75) is 45.6 Å². The number of benzene rings is 1. The molecule has 0 aliphatic heterocycles. The van der Waals surface area contributed by atoms with Crippen LogP contribution >= 0.6 is 0 Å². The summed E-state index contributed by atoms with van der Waals surface area (Å²) in [5.41, 5.74) is 1.29. The Bertz CT molecular complexity index is 452. The maximum atomic E-state index is 5.21. The number of methoxy groups -OCH3 is 1. The van der Waals surface area contributed by atoms with Crippen molar-refractivity contribution in [1.29, 1.82) is 0 Å². The minimum absolute atomic E-state index is 0.0132. The van der Waals surface area contributed by atoms with Crippen LogP contribution in [0.5, 0.6) is 5.75 Å². The predicted molar refractivity (Wildman–Crippen MR) is 90.3 cm³/mol. The van der Waals surface area contributed by atoms with Gasteiger partial charge >= 0.3 is 0 Å². The molecule has 1 aromatic rings. The Morgan fingerprint density at radius 1 is 1.29 bits per heavy atom. The van der Waals surface area contributed by atoms with Crippen molar-refractivity contribution in [3.8, 4) is 5.75 Å². The van der Waals surface area contributed by atoms with Gasteiger partial charge in [0.15, 0.2) is 5.96 Å². The second-order valence-corrected chi connectivity index (χ2v) is 5.99. The van der Waals surface area contributed by atoms with Gasteiger partial charge in [0, 0.05) is 25.0 Å². The zero-order chi connectivity index (χ0) is 15.9. The summed E-state index contributed by atoms with van der Waals surface area (Å²) in [5, 5.41) is 6.79. The molecular formula is C17H29N3O. The summed E-state index contributed by atoms with van der Waals surface area (Å²) in [7, 11) is 3.49. The van der Waals surface area contributed by atoms with Gasteiger partial charge in [-0.1, -0.05) is 32.9 Å². The maximum absolute atomic E-state index is 5.21. The van der Waals surface area contributed by atoms with Crippen LogP contribution in [0.3, 0.4) is 0 Å². The first-order chi connectivity index (χ1) is 9.92. The van der Waals surface area contributed by atoms with Gasteiger partial charge in [-0.25, -0.2) is 0 Å². The Morgan fingerprint density at radius 2 is 1.90 bits per heavy atom. The Balaban J connectivity index is 2.66. The molecule has 0 saturated carbocycles. The van der Waals surface area contributed by atoms with Crippen molar-refractivity contribution in [1.82, 2.24) is 10.6 Å². The fourth-order valence-electron chi connectivity index (χ4n) is 1.98. The molecular weight excluding hydrogens is 262 g/mol. The van der Waals surface area contributed by atoms with Crippen molar-refractivity contribution < 1.29 is 4.74 Å². The molecule has 4 nitrogen and oxygen atoms in total. The normalized spacial score (nSPS) is 13.7. The third-order valence-electron chi connectivity index (χ3n) is 3.79. The monoisotopic (exact) mass is 291 g/mol. The van der Waals surface area contributed by atoms with E-state index in [1.807, 2.05) is 12.1 Å². The van der Waals surface area contributed by atoms with Crippen LogP contribution in [0.1, 0.15) is 39.7 Å². The summed E-state index contributed by atoms with van der Waals surface area (Å²) < 4.78 is 5.21. The molecule has 0 amide bonds. The molecule has 0 bridgehead atoms. The Morgan fingerprint density at radius 3 is 2.38 bits per heavy atom. The van der Waals surface area contributed by atoms with Gasteiger partial charge in [0.25, 0.3) is 0 Å². The lowest BCUT2D eigenvalue weighted by Gasteiger charge is -2.27. The first-order valence-corrected chi connectivity index (χ1v) is 7.54. The van der Waals surface area contributed by atoms with Crippen LogP contribution in [0.4, 0.5) is 0 Å². The number of nitrogens with zero attached hydrogens (tertiary/aromatic N) is 1. The standard InChI is InChI=1S/C17H29N3O/c1-7-13(2)20-16(18-5)19-12-17(3,4)14-8-10-15(21-6)11-9-14/h8-11,13H,7,12H2,1-6H3,(H2,18,19,20). The molecule has 1 rings (SSSR count). The summed E-state index contributed by atoms with van der Waals surface area (Å²) in [6.45, 7) is 9.57. The fourth-order valence-corrected chi connectivity index (χ4v) is 1.98. The SMILES string of the molecule is CCC(C)NC(=NC)NCC(C)(C)c1ccc(OC)cc1. The van der Waals surface area contributed by atoms with Crippen LogP contribution in [0.2, 0.25) is 0 Å². The molecule has 0 radical (unpaired) electrons. The van der Waals surface area contributed by atoms with Gasteiger partial charge in [0.2, 0.25) is 0 Å². The Kier molecular flexibility index (Phi) is 6.53. The van der Waals surface area contributed by atoms with E-state index in [1.165, 1.54) is 5.56 Å². The quantitative estimate of drug-likeness (QED) is 0.626. The molecule has 0 spiro atoms. The molecule has 0 aliphatic carbocycles. The van der Waals surface area contributed by atoms with Gasteiger partial charge in [-0.2, -0.15) is 0 Å². The molecule has 2 N–H and O–H groups in total. The lowest BCUT2D eigenvalue weighted by molar-refractivity contribution is 0.414. The van der Waals surface area contributed by atoms with Crippen molar-refractivity contribution in [2.24, 2.45) is 4.99 Å². The highest BCUT2D eigenvalue weighted by molar-refractivity contribution is 5.80. The van der Waals surface area contributed by atoms with Crippen LogP contribution in [0.25, 0.3) is 0 Å². The molecule has 21 heavy (non-hydrogen) atoms. The molecule has 0 fully saturated rings. The van der Waals surface area contributed by atoms with E-state index >= 15 is 0 Å². The molecule has 0 aromatic heterocycles. The van der Waals surface area contributed by atoms with Crippen LogP contribution < -0.4 is 15.4 Å². The highest BCUT2D eigenvalue weighted by atomic mass is 16.5. The third-order valence-corrected chi connectivity index (χ3v) is 3.79. The van der Waals surface area contributed by atoms with E-state index in [9.17, 15) is 0 Å². The first kappa shape index (κ1) is 17.3. The van der Waals surface area contributed by atoms with Crippen LogP contribution in [-0.2, 0) is 5.41 Å². The number of rotatable bonds is 6. The molecule has 0 aliphatic rings. The van der Waals surface area contributed by atoms with Gasteiger partial charge in [-0.3, -0.25) is 4.99 Å². The van der Waals surface area contributed by atoms with E-state index < -0.39 is 0 Å². The smallest absolute Gasteiger partial charge is 0.191 e. The summed E-state index contributed by atoms with van der Waals surface area (Å²) in [6.07, 6.45) is 1.07. The van der Waals surface area contributed by atoms with Crippen molar-refractivity contribution in [2.75, 3.05) is 20.7 Å². The zero-order valence-corrected chi connectivity index (χ0v) is 14.2. The van der Waals surface area contributed by atoms with E-state index in [4.69, 9.17) is 4.74 Å². The molecule has 1 unspecified atom stereocenters. The van der Waals surface area contributed by atoms with Crippen molar-refractivity contribution >= 4 is 5.96 Å². The lowest BCUT2D eigenvalue weighted by Crippen LogP contribution is -2.46. The number of ether oxygens (including phenoxy) is 1. The second kappa shape index (κ2) is 7.91. The van der Waals surface area contributed by atoms with E-state index in [-0.39, 0.29) is 5.41 Å². The predicted octanol–water partition coefficient (Wildman–Crippen LogP) is 2.94. The fraction of sp³-hybridized carbons (Fsp3) is 0.588. The second-order valence-electron chi connectivity index (χ2n) is 5.99. The maximum Gasteiger partial charge on any atom is 0.191 e. The highest BCUT2D eigenvalue weighted by Crippen LogP contribution is 2.24. The molecule has 1 aromatic carbocycles. The number of guanidine groups is 1. The summed E-state index contributed by atoms with van der Waals surface area (Å²) in [4.78, 5) is 4.27. The van der Waals surface area contributed by atoms with Crippen LogP contribution in [-0.4, -0.2) is 32.7 Å². The molecule has 1 atom stereocenters. The lowest BCUT2D eigenvalue weighted by atomic mass is 9.84. The minimum atomic E-state index is 0.0132. The summed E-state index contributed by atoms with van der Waals surface area (Å²) in [6, 6.07) is 8.66. The average Bonchev–Trinajstić information content (AvgIpc) is 2.51. The van der Waals surface area contributed by atoms with Gasteiger partial charge in [0.1, 0.15) is 5.75 Å². The number of hydrogen-bond donors (Lipinski definition) is 2. The summed E-state index contributed by atoms with van der Waals surface area (Å²) in [5.74, 6) is 1.74. The molecule has 4 heteroatoms. The van der Waals surface area contributed by atoms with Crippen LogP contribution in [0.15, 0.2) is 29.3 Å². The first-order valence-electron chi connectivity index (χ1n) is 7.54. The number of nitrogens with one attached hydrogen (secondary N) is 2. The van der Waals surface area contributed by atoms with Crippen molar-refractivity contribution in [3.63, 3.8) is 0 Å². The highest BCUT2D eigenvalue weighted by Gasteiger charge is 2.21. The van der Waals surface area contributed by atoms with Gasteiger partial charge in [0.05, 0.1) is 7.11 Å². The summed E-state index contributed by atoms with van der Waals surface area (Å²) >= 11 is 0. The van der Waals surface area contributed by atoms with E-state index in [0.29, 0.717) is 6.04 Å². The third kappa shape index (κ3) is 5.29. The largest absolute Gasteiger partial charge is 0.497 e. The van der Waals surface area contributed by atoms with E-state index in [0.717, 1.165) is 24.7 Å². The molecule has 0 saturated heterocycles. The van der Waals surface area contributed by atoms with E-state index in [2.05, 4.69) is 55.5 Å². The number of hydrogen-bond acceptors (Lipinski definition) is 2. The zero-order valence-electron chi connectivity index (χ0n) is 14.2. The molecule has 118 valence electrons. The van der Waals surface area contributed by atoms with Gasteiger partial charge < -0.3 is 15.4 Å². The number of aliphatic imine (C=N–C) groups is 1. The van der Waals surface area contributed by atoms with Gasteiger partial charge in [-0.15, -0.1) is 0 Å². The molecule has 0 heterocycles. The minimum Gasteiger partial charge on any atom is -0.497 e. The topological polar surface area (TPSA) is 45.7 Å².